The van der Waals surface area contributed by atoms with Crippen molar-refractivity contribution in [2.45, 2.75) is 30.4 Å². The van der Waals surface area contributed by atoms with Crippen LogP contribution in [-0.2, 0) is 9.53 Å². The molecule has 1 unspecified atom stereocenters. The zero-order valence-corrected chi connectivity index (χ0v) is 9.27. The minimum absolute atomic E-state index is 0. The maximum Gasteiger partial charge on any atom is 0.317 e. The molecule has 14 heavy (non-hydrogen) atoms. The molecular weight excluding hydrogens is 225 g/mol. The fourth-order valence-corrected chi connectivity index (χ4v) is 3.67. The molecular formula is C9H13Cl2NO2. The average Bonchev–Trinajstić information content (AvgIpc) is 2.58. The van der Waals surface area contributed by atoms with Crippen molar-refractivity contribution in [2.75, 3.05) is 13.1 Å². The van der Waals surface area contributed by atoms with Gasteiger partial charge in [-0.25, -0.2) is 0 Å². The minimum Gasteiger partial charge on any atom is -1.00 e. The lowest BCUT2D eigenvalue weighted by molar-refractivity contribution is -0.922. The van der Waals surface area contributed by atoms with E-state index in [2.05, 4.69) is 0 Å². The van der Waals surface area contributed by atoms with Crippen molar-refractivity contribution in [3.8, 4) is 0 Å². The third-order valence-electron chi connectivity index (χ3n) is 3.67. The Kier molecular flexibility index (Phi) is 2.45. The van der Waals surface area contributed by atoms with E-state index in [0.717, 1.165) is 32.4 Å². The number of carbonyl (C=O) groups is 1. The van der Waals surface area contributed by atoms with Gasteiger partial charge in [0, 0.05) is 19.3 Å². The number of hydrogen-bond acceptors (Lipinski definition) is 2. The van der Waals surface area contributed by atoms with Crippen LogP contribution in [0, 0.1) is 5.92 Å². The number of piperidine rings is 1. The van der Waals surface area contributed by atoms with Crippen molar-refractivity contribution in [2.24, 2.45) is 5.92 Å². The van der Waals surface area contributed by atoms with Gasteiger partial charge >= 0.3 is 5.97 Å². The van der Waals surface area contributed by atoms with Crippen LogP contribution >= 0.6 is 11.6 Å². The number of rotatable bonds is 0. The van der Waals surface area contributed by atoms with Crippen LogP contribution in [0.1, 0.15) is 19.3 Å². The van der Waals surface area contributed by atoms with Gasteiger partial charge in [-0.2, -0.15) is 0 Å². The highest BCUT2D eigenvalue weighted by Crippen LogP contribution is 2.41. The second-order valence-electron chi connectivity index (χ2n) is 4.34. The van der Waals surface area contributed by atoms with E-state index in [-0.39, 0.29) is 30.3 Å². The van der Waals surface area contributed by atoms with Crippen LogP contribution in [0.25, 0.3) is 0 Å². The fourth-order valence-electron chi connectivity index (χ4n) is 3.16. The molecule has 0 amide bonds. The second-order valence-corrected chi connectivity index (χ2v) is 4.98. The maximum atomic E-state index is 11.5. The molecule has 0 bridgehead atoms. The summed E-state index contributed by atoms with van der Waals surface area (Å²) >= 11 is 6.33. The quantitative estimate of drug-likeness (QED) is 0.351. The number of esters is 1. The monoisotopic (exact) mass is 237 g/mol. The first kappa shape index (κ1) is 10.5. The molecule has 3 aliphatic heterocycles. The Morgan fingerprint density at radius 3 is 3.07 bits per heavy atom. The minimum atomic E-state index is -0.647. The molecule has 0 aromatic heterocycles. The van der Waals surface area contributed by atoms with Gasteiger partial charge in [-0.05, 0) is 0 Å². The number of ether oxygens (including phenoxy) is 1. The van der Waals surface area contributed by atoms with E-state index < -0.39 is 5.06 Å². The summed E-state index contributed by atoms with van der Waals surface area (Å²) < 4.78 is 5.29. The van der Waals surface area contributed by atoms with E-state index in [0.29, 0.717) is 0 Å². The lowest BCUT2D eigenvalue weighted by Gasteiger charge is -2.34. The Hall–Kier alpha value is 0.01000. The summed E-state index contributed by atoms with van der Waals surface area (Å²) in [7, 11) is 0. The van der Waals surface area contributed by atoms with Crippen molar-refractivity contribution < 1.29 is 26.8 Å². The van der Waals surface area contributed by atoms with Crippen LogP contribution in [-0.4, -0.2) is 30.2 Å². The van der Waals surface area contributed by atoms with Crippen molar-refractivity contribution in [3.63, 3.8) is 0 Å². The third-order valence-corrected chi connectivity index (χ3v) is 4.17. The lowest BCUT2D eigenvalue weighted by Crippen LogP contribution is -3.16. The van der Waals surface area contributed by atoms with Gasteiger partial charge in [0.25, 0.3) is 0 Å². The second kappa shape index (κ2) is 3.26. The standard InChI is InChI=1S/C9H12ClNO2.ClH/c10-9-3-1-4-11-5-2-6(7(9)11)8(12)13-9;/h6-7H,1-5H2;1H/t6-,7+,9+;/m1./s1. The van der Waals surface area contributed by atoms with Gasteiger partial charge in [-0.15, -0.1) is 0 Å². The topological polar surface area (TPSA) is 30.7 Å². The van der Waals surface area contributed by atoms with Crippen molar-refractivity contribution in [1.82, 2.24) is 0 Å². The average molecular weight is 238 g/mol. The van der Waals surface area contributed by atoms with Crippen molar-refractivity contribution >= 4 is 17.6 Å². The number of carbonyl (C=O) groups excluding carboxylic acids is 1. The van der Waals surface area contributed by atoms with Gasteiger partial charge in [0.1, 0.15) is 5.92 Å². The maximum absolute atomic E-state index is 11.5. The Morgan fingerprint density at radius 2 is 2.29 bits per heavy atom. The van der Waals surface area contributed by atoms with E-state index in [1.807, 2.05) is 0 Å². The van der Waals surface area contributed by atoms with Gasteiger partial charge < -0.3 is 22.0 Å². The Morgan fingerprint density at radius 1 is 1.50 bits per heavy atom. The number of alkyl halides is 1. The highest BCUT2D eigenvalue weighted by atomic mass is 35.5. The van der Waals surface area contributed by atoms with Gasteiger partial charge in [-0.3, -0.25) is 4.79 Å². The largest absolute Gasteiger partial charge is 1.00 e. The molecule has 1 N–H and O–H groups in total. The van der Waals surface area contributed by atoms with Crippen LogP contribution in [0.2, 0.25) is 0 Å². The molecule has 4 atom stereocenters. The number of hydrogen-bond donors (Lipinski definition) is 1. The van der Waals surface area contributed by atoms with Gasteiger partial charge in [-0.1, -0.05) is 11.6 Å². The SMILES string of the molecule is O=C1O[C@@]2(Cl)CCC[NH+]3CC[C@@H]1[C@H]32.[Cl-]. The molecule has 0 radical (unpaired) electrons. The third kappa shape index (κ3) is 1.19. The van der Waals surface area contributed by atoms with Crippen molar-refractivity contribution in [3.05, 3.63) is 0 Å². The number of halogens is 2. The highest BCUT2D eigenvalue weighted by Gasteiger charge is 2.64. The molecule has 3 heterocycles. The summed E-state index contributed by atoms with van der Waals surface area (Å²) in [5, 5.41) is -0.647. The first-order chi connectivity index (χ1) is 6.21. The van der Waals surface area contributed by atoms with E-state index in [4.69, 9.17) is 16.3 Å². The fraction of sp³-hybridized carbons (Fsp3) is 0.889. The number of quaternary nitrogens is 1. The van der Waals surface area contributed by atoms with Crippen LogP contribution in [0.5, 0.6) is 0 Å². The Bertz CT molecular complexity index is 274. The molecule has 0 saturated carbocycles. The molecule has 80 valence electrons. The normalized spacial score (nSPS) is 49.5. The van der Waals surface area contributed by atoms with Crippen molar-refractivity contribution in [1.29, 1.82) is 0 Å². The summed E-state index contributed by atoms with van der Waals surface area (Å²) in [6, 6.07) is 0.246. The predicted octanol–water partition coefficient (Wildman–Crippen LogP) is -3.45. The molecule has 3 rings (SSSR count). The number of nitrogens with one attached hydrogen (secondary N) is 1. The zero-order valence-electron chi connectivity index (χ0n) is 7.76. The summed E-state index contributed by atoms with van der Waals surface area (Å²) in [5.74, 6) is 0.0321. The van der Waals surface area contributed by atoms with Crippen LogP contribution in [0.4, 0.5) is 0 Å². The lowest BCUT2D eigenvalue weighted by atomic mass is 9.93. The molecule has 0 aromatic rings. The summed E-state index contributed by atoms with van der Waals surface area (Å²) in [6.07, 6.45) is 2.88. The molecule has 3 saturated heterocycles. The van der Waals surface area contributed by atoms with E-state index in [9.17, 15) is 4.79 Å². The Labute approximate surface area is 94.1 Å². The first-order valence-corrected chi connectivity index (χ1v) is 5.35. The first-order valence-electron chi connectivity index (χ1n) is 4.97. The van der Waals surface area contributed by atoms with E-state index in [1.165, 1.54) is 4.90 Å². The summed E-state index contributed by atoms with van der Waals surface area (Å²) in [5.41, 5.74) is 0. The van der Waals surface area contributed by atoms with Gasteiger partial charge in [0.05, 0.1) is 13.1 Å². The molecule has 3 nitrogen and oxygen atoms in total. The predicted molar refractivity (Wildman–Crippen MR) is 46.5 cm³/mol. The van der Waals surface area contributed by atoms with Crippen LogP contribution in [0.15, 0.2) is 0 Å². The molecule has 0 aromatic carbocycles. The highest BCUT2D eigenvalue weighted by molar-refractivity contribution is 6.24. The molecule has 5 heteroatoms. The van der Waals surface area contributed by atoms with E-state index >= 15 is 0 Å². The molecule has 3 aliphatic rings. The zero-order chi connectivity index (χ0) is 9.05. The van der Waals surface area contributed by atoms with Gasteiger partial charge in [0.15, 0.2) is 6.04 Å². The van der Waals surface area contributed by atoms with Crippen LogP contribution < -0.4 is 17.3 Å². The smallest absolute Gasteiger partial charge is 0.317 e. The molecule has 3 fully saturated rings. The Balaban J connectivity index is 0.000000750. The summed E-state index contributed by atoms with van der Waals surface area (Å²) in [4.78, 5) is 13.0. The molecule has 0 aliphatic carbocycles. The summed E-state index contributed by atoms with van der Waals surface area (Å²) in [6.45, 7) is 2.26. The van der Waals surface area contributed by atoms with E-state index in [1.54, 1.807) is 0 Å². The molecule has 0 spiro atoms. The van der Waals surface area contributed by atoms with Crippen LogP contribution in [0.3, 0.4) is 0 Å². The van der Waals surface area contributed by atoms with Gasteiger partial charge in [0.2, 0.25) is 5.06 Å².